The quantitative estimate of drug-likeness (QED) is 0.0199. The number of amides is 1. The number of nitrogens with one attached hydrogen (secondary N) is 1. The van der Waals surface area contributed by atoms with E-state index in [0.717, 1.165) is 103 Å². The SMILES string of the molecule is CC/C=C\C/C=C\C/C=C\C/C=C\C/C=C\C/C=C\C/C=C\C/C=C\C/C=C\CCCCCC(=O)NC(COC1OC(CO)C(OC2OC(CO)C(OC3OC(CO)C(O)C(O)C3O)C(O)C2O)C(O)C1O)C(O)/C=C/CCCCCCCCCCCCCCCC. The summed E-state index contributed by atoms with van der Waals surface area (Å²) in [6, 6.07) is -1.00. The second-order valence-electron chi connectivity index (χ2n) is 24.3. The van der Waals surface area contributed by atoms with E-state index in [1.54, 1.807) is 6.08 Å². The molecule has 92 heavy (non-hydrogen) atoms. The molecule has 3 rings (SSSR count). The van der Waals surface area contributed by atoms with Crippen molar-refractivity contribution in [3.63, 3.8) is 0 Å². The van der Waals surface area contributed by atoms with Crippen molar-refractivity contribution in [1.29, 1.82) is 0 Å². The molecule has 17 unspecified atom stereocenters. The Labute approximate surface area is 550 Å². The van der Waals surface area contributed by atoms with Crippen LogP contribution >= 0.6 is 0 Å². The predicted octanol–water partition coefficient (Wildman–Crippen LogP) is 9.21. The fraction of sp³-hybridized carbons (Fsp3) is 0.712. The lowest BCUT2D eigenvalue weighted by atomic mass is 9.96. The molecule has 12 N–H and O–H groups in total. The largest absolute Gasteiger partial charge is 0.394 e. The number of ether oxygens (including phenoxy) is 6. The van der Waals surface area contributed by atoms with E-state index >= 15 is 0 Å². The maximum absolute atomic E-state index is 13.4. The summed E-state index contributed by atoms with van der Waals surface area (Å²) in [4.78, 5) is 13.4. The van der Waals surface area contributed by atoms with Gasteiger partial charge in [0.1, 0.15) is 73.2 Å². The van der Waals surface area contributed by atoms with E-state index in [4.69, 9.17) is 28.4 Å². The molecule has 19 heteroatoms. The van der Waals surface area contributed by atoms with Crippen molar-refractivity contribution in [2.45, 2.75) is 304 Å². The third kappa shape index (κ3) is 34.7. The second-order valence-corrected chi connectivity index (χ2v) is 24.3. The van der Waals surface area contributed by atoms with Crippen molar-refractivity contribution in [3.8, 4) is 0 Å². The van der Waals surface area contributed by atoms with Gasteiger partial charge < -0.3 is 89.9 Å². The van der Waals surface area contributed by atoms with Gasteiger partial charge in [-0.1, -0.05) is 225 Å². The highest BCUT2D eigenvalue weighted by atomic mass is 16.8. The molecule has 3 fully saturated rings. The third-order valence-electron chi connectivity index (χ3n) is 16.5. The molecule has 0 radical (unpaired) electrons. The lowest BCUT2D eigenvalue weighted by molar-refractivity contribution is -0.379. The molecule has 0 bridgehead atoms. The van der Waals surface area contributed by atoms with Gasteiger partial charge in [0, 0.05) is 6.42 Å². The molecule has 0 aliphatic carbocycles. The fourth-order valence-corrected chi connectivity index (χ4v) is 10.9. The molecule has 3 saturated heterocycles. The van der Waals surface area contributed by atoms with Crippen LogP contribution in [0.4, 0.5) is 0 Å². The van der Waals surface area contributed by atoms with Gasteiger partial charge in [0.05, 0.1) is 38.6 Å². The van der Waals surface area contributed by atoms with Gasteiger partial charge in [-0.25, -0.2) is 0 Å². The van der Waals surface area contributed by atoms with Crippen LogP contribution in [0.1, 0.15) is 200 Å². The molecule has 3 aliphatic heterocycles. The van der Waals surface area contributed by atoms with Crippen LogP contribution in [0.25, 0.3) is 0 Å². The minimum atomic E-state index is -1.99. The monoisotopic (exact) mass is 1300 g/mol. The Morgan fingerprint density at radius 2 is 0.750 bits per heavy atom. The van der Waals surface area contributed by atoms with E-state index in [0.29, 0.717) is 6.42 Å². The Balaban J connectivity index is 1.44. The summed E-state index contributed by atoms with van der Waals surface area (Å²) in [5.41, 5.74) is 0. The summed E-state index contributed by atoms with van der Waals surface area (Å²) in [6.45, 7) is 1.57. The third-order valence-corrected chi connectivity index (χ3v) is 16.5. The fourth-order valence-electron chi connectivity index (χ4n) is 10.9. The predicted molar refractivity (Wildman–Crippen MR) is 360 cm³/mol. The minimum absolute atomic E-state index is 0.195. The molecule has 0 aromatic heterocycles. The summed E-state index contributed by atoms with van der Waals surface area (Å²) < 4.78 is 34.3. The number of aliphatic hydroxyl groups excluding tert-OH is 11. The Kier molecular flexibility index (Phi) is 47.8. The molecule has 3 aliphatic rings. The van der Waals surface area contributed by atoms with Crippen LogP contribution in [0, 0.1) is 0 Å². The Morgan fingerprint density at radius 3 is 1.17 bits per heavy atom. The van der Waals surface area contributed by atoms with Gasteiger partial charge in [-0.2, -0.15) is 0 Å². The van der Waals surface area contributed by atoms with Crippen molar-refractivity contribution in [3.05, 3.63) is 122 Å². The van der Waals surface area contributed by atoms with E-state index in [1.807, 2.05) is 6.08 Å². The number of hydrogen-bond donors (Lipinski definition) is 12. The van der Waals surface area contributed by atoms with Crippen LogP contribution in [-0.2, 0) is 33.2 Å². The number of carbonyl (C=O) groups excluding carboxylic acids is 1. The molecule has 0 aromatic rings. The van der Waals surface area contributed by atoms with Gasteiger partial charge in [-0.3, -0.25) is 4.79 Å². The number of allylic oxidation sites excluding steroid dienone is 19. The van der Waals surface area contributed by atoms with E-state index in [2.05, 4.69) is 129 Å². The first kappa shape index (κ1) is 82.4. The minimum Gasteiger partial charge on any atom is -0.394 e. The summed E-state index contributed by atoms with van der Waals surface area (Å²) >= 11 is 0. The van der Waals surface area contributed by atoms with Crippen LogP contribution in [0.5, 0.6) is 0 Å². The zero-order chi connectivity index (χ0) is 66.8. The normalized spacial score (nSPS) is 28.5. The van der Waals surface area contributed by atoms with Crippen LogP contribution in [0.15, 0.2) is 122 Å². The Hall–Kier alpha value is -3.81. The number of carbonyl (C=O) groups is 1. The zero-order valence-electron chi connectivity index (χ0n) is 55.5. The molecule has 1 amide bonds. The molecule has 0 saturated carbocycles. The topological polar surface area (TPSA) is 307 Å². The first-order valence-corrected chi connectivity index (χ1v) is 34.8. The van der Waals surface area contributed by atoms with Crippen LogP contribution in [0.2, 0.25) is 0 Å². The molecule has 17 atom stereocenters. The molecule has 19 nitrogen and oxygen atoms in total. The van der Waals surface area contributed by atoms with Crippen LogP contribution in [0.3, 0.4) is 0 Å². The van der Waals surface area contributed by atoms with Crippen molar-refractivity contribution in [2.24, 2.45) is 0 Å². The van der Waals surface area contributed by atoms with Gasteiger partial charge >= 0.3 is 0 Å². The van der Waals surface area contributed by atoms with Gasteiger partial charge in [-0.15, -0.1) is 0 Å². The maximum atomic E-state index is 13.4. The van der Waals surface area contributed by atoms with Gasteiger partial charge in [0.25, 0.3) is 0 Å². The summed E-state index contributed by atoms with van der Waals surface area (Å²) in [7, 11) is 0. The number of aliphatic hydroxyl groups is 11. The maximum Gasteiger partial charge on any atom is 0.220 e. The number of rotatable bonds is 51. The van der Waals surface area contributed by atoms with Crippen molar-refractivity contribution < 1.29 is 89.4 Å². The van der Waals surface area contributed by atoms with Gasteiger partial charge in [0.2, 0.25) is 5.91 Å². The van der Waals surface area contributed by atoms with E-state index in [1.165, 1.54) is 70.6 Å². The average Bonchev–Trinajstić information content (AvgIpc) is 0.834. The zero-order valence-corrected chi connectivity index (χ0v) is 55.5. The van der Waals surface area contributed by atoms with Gasteiger partial charge in [-0.05, 0) is 89.9 Å². The summed E-state index contributed by atoms with van der Waals surface area (Å²) in [5, 5.41) is 120. The molecule has 3 heterocycles. The number of hydrogen-bond acceptors (Lipinski definition) is 18. The smallest absolute Gasteiger partial charge is 0.220 e. The first-order valence-electron chi connectivity index (χ1n) is 34.8. The highest BCUT2D eigenvalue weighted by Gasteiger charge is 2.53. The lowest BCUT2D eigenvalue weighted by Gasteiger charge is -2.48. The summed E-state index contributed by atoms with van der Waals surface area (Å²) in [6.07, 6.45) is 45.9. The lowest BCUT2D eigenvalue weighted by Crippen LogP contribution is -2.66. The van der Waals surface area contributed by atoms with Gasteiger partial charge in [0.15, 0.2) is 18.9 Å². The number of unbranched alkanes of at least 4 members (excludes halogenated alkanes) is 17. The highest BCUT2D eigenvalue weighted by molar-refractivity contribution is 5.76. The van der Waals surface area contributed by atoms with Crippen molar-refractivity contribution >= 4 is 5.91 Å². The van der Waals surface area contributed by atoms with Crippen LogP contribution < -0.4 is 5.32 Å². The molecule has 526 valence electrons. The van der Waals surface area contributed by atoms with E-state index < -0.39 is 124 Å². The Bertz CT molecular complexity index is 2140. The molecular formula is C73H121NO18. The summed E-state index contributed by atoms with van der Waals surface area (Å²) in [5.74, 6) is -0.313. The Morgan fingerprint density at radius 1 is 0.402 bits per heavy atom. The molecule has 0 aromatic carbocycles. The highest BCUT2D eigenvalue weighted by Crippen LogP contribution is 2.33. The van der Waals surface area contributed by atoms with Crippen molar-refractivity contribution in [1.82, 2.24) is 5.32 Å². The van der Waals surface area contributed by atoms with Crippen LogP contribution in [-0.4, -0.2) is 193 Å². The van der Waals surface area contributed by atoms with Crippen molar-refractivity contribution in [2.75, 3.05) is 26.4 Å². The standard InChI is InChI=1S/C73H121NO18/c1-3-5-7-9-11-13-15-17-19-21-22-23-24-25-26-27-28-29-30-31-32-33-34-35-37-39-41-43-45-47-49-51-61(79)74-56(57(78)50-48-46-44-42-40-38-36-20-18-16-14-12-10-8-6-4-2)55-87-71-67(85)64(82)69(59(53-76)89-71)92-73-68(86)65(83)70(60(54-77)90-73)91-72-66(84)63(81)62(80)58(52-75)88-72/h5,7,11,13,17,19,22-23,25-26,28-29,31-32,34-35,39,41,48,50,56-60,62-73,75-78,80-86H,3-4,6,8-10,12,14-16,18,20-21,24,27,30,33,36-38,40,42-47,49,51-55H2,1-2H3,(H,74,79)/b7-5-,13-11-,19-17-,23-22-,26-25-,29-28-,32-31-,35-34-,41-39-,50-48+. The average molecular weight is 1300 g/mol. The first-order chi connectivity index (χ1) is 44.8. The van der Waals surface area contributed by atoms with E-state index in [9.17, 15) is 61.0 Å². The van der Waals surface area contributed by atoms with E-state index in [-0.39, 0.29) is 18.9 Å². The molecule has 0 spiro atoms. The molecular weight excluding hydrogens is 1180 g/mol. The second kappa shape index (κ2) is 53.3.